The van der Waals surface area contributed by atoms with Gasteiger partial charge in [-0.25, -0.2) is 9.97 Å². The van der Waals surface area contributed by atoms with Gasteiger partial charge < -0.3 is 9.64 Å². The Labute approximate surface area is 101 Å². The first-order valence-electron chi connectivity index (χ1n) is 5.96. The quantitative estimate of drug-likeness (QED) is 0.789. The zero-order chi connectivity index (χ0) is 12.1. The van der Waals surface area contributed by atoms with Crippen LogP contribution in [0.3, 0.4) is 0 Å². The van der Waals surface area contributed by atoms with Crippen LogP contribution in [0.15, 0.2) is 12.3 Å². The molecule has 0 unspecified atom stereocenters. The van der Waals surface area contributed by atoms with E-state index in [1.165, 1.54) is 6.42 Å². The summed E-state index contributed by atoms with van der Waals surface area (Å²) in [4.78, 5) is 21.7. The standard InChI is InChI=1S/C12H17N3O2/c1-10-5-6-13-12(14-10)17-9-11(16)15-7-3-2-4-8-15/h5-6H,2-4,7-9H2,1H3. The normalized spacial score (nSPS) is 15.7. The molecule has 0 radical (unpaired) electrons. The van der Waals surface area contributed by atoms with Crippen LogP contribution in [0.2, 0.25) is 0 Å². The molecule has 1 amide bonds. The maximum Gasteiger partial charge on any atom is 0.317 e. The number of carbonyl (C=O) groups excluding carboxylic acids is 1. The molecule has 1 aromatic rings. The van der Waals surface area contributed by atoms with Crippen LogP contribution in [0.5, 0.6) is 6.01 Å². The zero-order valence-electron chi connectivity index (χ0n) is 10.1. The minimum absolute atomic E-state index is 0.0230. The number of aryl methyl sites for hydroxylation is 1. The van der Waals surface area contributed by atoms with Gasteiger partial charge in [0.1, 0.15) is 0 Å². The monoisotopic (exact) mass is 235 g/mol. The number of likely N-dealkylation sites (tertiary alicyclic amines) is 1. The molecule has 2 rings (SSSR count). The summed E-state index contributed by atoms with van der Waals surface area (Å²) in [6.07, 6.45) is 5.02. The van der Waals surface area contributed by atoms with E-state index in [9.17, 15) is 4.79 Å². The summed E-state index contributed by atoms with van der Waals surface area (Å²) in [6.45, 7) is 3.58. The number of rotatable bonds is 3. The Morgan fingerprint density at radius 3 is 2.88 bits per heavy atom. The van der Waals surface area contributed by atoms with Gasteiger partial charge in [0.05, 0.1) is 0 Å². The lowest BCUT2D eigenvalue weighted by Crippen LogP contribution is -2.38. The highest BCUT2D eigenvalue weighted by Gasteiger charge is 2.17. The van der Waals surface area contributed by atoms with Crippen molar-refractivity contribution in [3.05, 3.63) is 18.0 Å². The Bertz CT molecular complexity index is 389. The second-order valence-electron chi connectivity index (χ2n) is 4.21. The van der Waals surface area contributed by atoms with E-state index in [0.29, 0.717) is 0 Å². The summed E-state index contributed by atoms with van der Waals surface area (Å²) in [7, 11) is 0. The van der Waals surface area contributed by atoms with E-state index in [4.69, 9.17) is 4.74 Å². The van der Waals surface area contributed by atoms with Crippen molar-refractivity contribution in [3.8, 4) is 6.01 Å². The summed E-state index contributed by atoms with van der Waals surface area (Å²) < 4.78 is 5.29. The molecule has 5 heteroatoms. The zero-order valence-corrected chi connectivity index (χ0v) is 10.1. The van der Waals surface area contributed by atoms with E-state index in [1.807, 2.05) is 11.8 Å². The van der Waals surface area contributed by atoms with E-state index in [1.54, 1.807) is 12.3 Å². The van der Waals surface area contributed by atoms with Gasteiger partial charge in [-0.15, -0.1) is 0 Å². The Morgan fingerprint density at radius 2 is 2.18 bits per heavy atom. The molecule has 1 aliphatic rings. The third-order valence-corrected chi connectivity index (χ3v) is 2.81. The number of carbonyl (C=O) groups is 1. The second kappa shape index (κ2) is 5.61. The molecule has 92 valence electrons. The van der Waals surface area contributed by atoms with E-state index < -0.39 is 0 Å². The minimum atomic E-state index is 0.0230. The molecule has 1 saturated heterocycles. The van der Waals surface area contributed by atoms with Crippen molar-refractivity contribution in [2.45, 2.75) is 26.2 Å². The van der Waals surface area contributed by atoms with Crippen LogP contribution in [-0.4, -0.2) is 40.5 Å². The first-order valence-corrected chi connectivity index (χ1v) is 5.96. The van der Waals surface area contributed by atoms with E-state index >= 15 is 0 Å². The molecule has 0 spiro atoms. The Morgan fingerprint density at radius 1 is 1.41 bits per heavy atom. The van der Waals surface area contributed by atoms with Gasteiger partial charge in [0.15, 0.2) is 6.61 Å². The number of piperidine rings is 1. The molecular formula is C12H17N3O2. The molecule has 0 aliphatic carbocycles. The molecular weight excluding hydrogens is 218 g/mol. The maximum atomic E-state index is 11.8. The molecule has 0 aromatic carbocycles. The van der Waals surface area contributed by atoms with Gasteiger partial charge in [-0.3, -0.25) is 4.79 Å². The summed E-state index contributed by atoms with van der Waals surface area (Å²) in [5.41, 5.74) is 0.834. The smallest absolute Gasteiger partial charge is 0.317 e. The molecule has 0 bridgehead atoms. The van der Waals surface area contributed by atoms with Gasteiger partial charge in [-0.05, 0) is 32.3 Å². The van der Waals surface area contributed by atoms with E-state index in [-0.39, 0.29) is 18.5 Å². The number of nitrogens with zero attached hydrogens (tertiary/aromatic N) is 3. The van der Waals surface area contributed by atoms with Gasteiger partial charge in [0, 0.05) is 25.0 Å². The Kier molecular flexibility index (Phi) is 3.90. The lowest BCUT2D eigenvalue weighted by molar-refractivity contribution is -0.134. The number of hydrogen-bond acceptors (Lipinski definition) is 4. The summed E-state index contributed by atoms with van der Waals surface area (Å²) in [5.74, 6) is 0.0230. The van der Waals surface area contributed by atoms with E-state index in [2.05, 4.69) is 9.97 Å². The number of amides is 1. The maximum absolute atomic E-state index is 11.8. The van der Waals surface area contributed by atoms with Gasteiger partial charge in [0.25, 0.3) is 5.91 Å². The van der Waals surface area contributed by atoms with Crippen LogP contribution in [0.25, 0.3) is 0 Å². The van der Waals surface area contributed by atoms with Crippen LogP contribution < -0.4 is 4.74 Å². The summed E-state index contributed by atoms with van der Waals surface area (Å²) in [6, 6.07) is 2.06. The third kappa shape index (κ3) is 3.41. The lowest BCUT2D eigenvalue weighted by Gasteiger charge is -2.26. The fraction of sp³-hybridized carbons (Fsp3) is 0.583. The van der Waals surface area contributed by atoms with Crippen molar-refractivity contribution >= 4 is 5.91 Å². The van der Waals surface area contributed by atoms with Crippen molar-refractivity contribution in [3.63, 3.8) is 0 Å². The van der Waals surface area contributed by atoms with Crippen LogP contribution in [0, 0.1) is 6.92 Å². The van der Waals surface area contributed by atoms with E-state index in [0.717, 1.165) is 31.6 Å². The van der Waals surface area contributed by atoms with Crippen LogP contribution in [0.4, 0.5) is 0 Å². The first-order chi connectivity index (χ1) is 8.25. The number of hydrogen-bond donors (Lipinski definition) is 0. The number of ether oxygens (including phenoxy) is 1. The largest absolute Gasteiger partial charge is 0.453 e. The molecule has 1 fully saturated rings. The molecule has 2 heterocycles. The van der Waals surface area contributed by atoms with Gasteiger partial charge in [-0.2, -0.15) is 0 Å². The van der Waals surface area contributed by atoms with Gasteiger partial charge in [0.2, 0.25) is 0 Å². The van der Waals surface area contributed by atoms with Crippen LogP contribution in [0.1, 0.15) is 25.0 Å². The van der Waals surface area contributed by atoms with Gasteiger partial charge in [-0.1, -0.05) is 0 Å². The predicted octanol–water partition coefficient (Wildman–Crippen LogP) is 1.18. The number of aromatic nitrogens is 2. The lowest BCUT2D eigenvalue weighted by atomic mass is 10.1. The Balaban J connectivity index is 1.83. The van der Waals surface area contributed by atoms with Crippen LogP contribution >= 0.6 is 0 Å². The third-order valence-electron chi connectivity index (χ3n) is 2.81. The molecule has 5 nitrogen and oxygen atoms in total. The molecule has 17 heavy (non-hydrogen) atoms. The Hall–Kier alpha value is -1.65. The topological polar surface area (TPSA) is 55.3 Å². The predicted molar refractivity (Wildman–Crippen MR) is 62.7 cm³/mol. The molecule has 0 atom stereocenters. The van der Waals surface area contributed by atoms with Crippen molar-refractivity contribution in [1.82, 2.24) is 14.9 Å². The van der Waals surface area contributed by atoms with Gasteiger partial charge >= 0.3 is 6.01 Å². The SMILES string of the molecule is Cc1ccnc(OCC(=O)N2CCCCC2)n1. The van der Waals surface area contributed by atoms with Crippen molar-refractivity contribution in [2.24, 2.45) is 0 Å². The highest BCUT2D eigenvalue weighted by Crippen LogP contribution is 2.09. The average molecular weight is 235 g/mol. The first kappa shape index (κ1) is 11.8. The highest BCUT2D eigenvalue weighted by atomic mass is 16.5. The minimum Gasteiger partial charge on any atom is -0.453 e. The molecule has 0 saturated carbocycles. The fourth-order valence-corrected chi connectivity index (χ4v) is 1.86. The van der Waals surface area contributed by atoms with Crippen molar-refractivity contribution in [2.75, 3.05) is 19.7 Å². The second-order valence-corrected chi connectivity index (χ2v) is 4.21. The van der Waals surface area contributed by atoms with Crippen molar-refractivity contribution < 1.29 is 9.53 Å². The fourth-order valence-electron chi connectivity index (χ4n) is 1.86. The summed E-state index contributed by atoms with van der Waals surface area (Å²) in [5, 5.41) is 0. The molecule has 1 aromatic heterocycles. The molecule has 1 aliphatic heterocycles. The van der Waals surface area contributed by atoms with Crippen molar-refractivity contribution in [1.29, 1.82) is 0 Å². The van der Waals surface area contributed by atoms with Crippen LogP contribution in [-0.2, 0) is 4.79 Å². The summed E-state index contributed by atoms with van der Waals surface area (Å²) >= 11 is 0. The average Bonchev–Trinajstić information content (AvgIpc) is 2.37. The molecule has 0 N–H and O–H groups in total. The highest BCUT2D eigenvalue weighted by molar-refractivity contribution is 5.77.